The van der Waals surface area contributed by atoms with Crippen molar-refractivity contribution < 1.29 is 14.3 Å². The van der Waals surface area contributed by atoms with Gasteiger partial charge >= 0.3 is 0 Å². The molecule has 3 atom stereocenters. The Bertz CT molecular complexity index is 745. The molecule has 1 aromatic carbocycles. The summed E-state index contributed by atoms with van der Waals surface area (Å²) in [6, 6.07) is 8.25. The predicted molar refractivity (Wildman–Crippen MR) is 119 cm³/mol. The van der Waals surface area contributed by atoms with Crippen molar-refractivity contribution in [2.24, 2.45) is 5.92 Å². The number of nitrogens with one attached hydrogen (secondary N) is 2. The van der Waals surface area contributed by atoms with Crippen LogP contribution >= 0.6 is 11.8 Å². The lowest BCUT2D eigenvalue weighted by molar-refractivity contribution is -0.127. The number of hydrogen-bond donors (Lipinski definition) is 2. The molecule has 0 aromatic heterocycles. The number of ether oxygens (including phenoxy) is 1. The highest BCUT2D eigenvalue weighted by Gasteiger charge is 2.39. The van der Waals surface area contributed by atoms with Gasteiger partial charge < -0.3 is 15.4 Å². The quantitative estimate of drug-likeness (QED) is 0.526. The van der Waals surface area contributed by atoms with E-state index in [1.165, 1.54) is 5.56 Å². The first-order valence-electron chi connectivity index (χ1n) is 10.6. The van der Waals surface area contributed by atoms with Gasteiger partial charge in [0.05, 0.1) is 11.0 Å². The van der Waals surface area contributed by atoms with Gasteiger partial charge in [0.25, 0.3) is 5.91 Å². The van der Waals surface area contributed by atoms with Gasteiger partial charge in [0.1, 0.15) is 0 Å². The van der Waals surface area contributed by atoms with Crippen LogP contribution in [0.25, 0.3) is 6.08 Å². The zero-order valence-electron chi connectivity index (χ0n) is 17.6. The van der Waals surface area contributed by atoms with Crippen molar-refractivity contribution in [3.63, 3.8) is 0 Å². The second-order valence-electron chi connectivity index (χ2n) is 8.23. The van der Waals surface area contributed by atoms with Crippen molar-refractivity contribution in [1.82, 2.24) is 10.6 Å². The molecule has 1 saturated carbocycles. The average Bonchev–Trinajstić information content (AvgIpc) is 2.69. The molecule has 2 aliphatic rings. The standard InChI is InChI=1S/C23H32N2O3S/c1-15(2)28-12-4-11-24-22(26)18-9-10-20-19(14-18)25-23(27)21(29-20)13-17-7-5-16(3)6-8-17/h5-8,13,15,18-20H,4,9-12,14H2,1-3H3,(H,24,26)(H,25,27)/b21-13+. The molecule has 6 heteroatoms. The monoisotopic (exact) mass is 416 g/mol. The molecule has 2 N–H and O–H groups in total. The number of rotatable bonds is 7. The highest BCUT2D eigenvalue weighted by molar-refractivity contribution is 8.04. The summed E-state index contributed by atoms with van der Waals surface area (Å²) in [5, 5.41) is 6.52. The van der Waals surface area contributed by atoms with Crippen molar-refractivity contribution in [3.05, 3.63) is 40.3 Å². The summed E-state index contributed by atoms with van der Waals surface area (Å²) >= 11 is 1.66. The van der Waals surface area contributed by atoms with E-state index >= 15 is 0 Å². The number of fused-ring (bicyclic) bond motifs is 1. The Morgan fingerprint density at radius 2 is 2.07 bits per heavy atom. The Balaban J connectivity index is 1.49. The Morgan fingerprint density at radius 1 is 1.31 bits per heavy atom. The van der Waals surface area contributed by atoms with Crippen molar-refractivity contribution in [1.29, 1.82) is 0 Å². The number of amides is 2. The molecule has 2 amide bonds. The van der Waals surface area contributed by atoms with Crippen LogP contribution in [-0.4, -0.2) is 42.4 Å². The fraction of sp³-hybridized carbons (Fsp3) is 0.565. The number of hydrogen-bond acceptors (Lipinski definition) is 4. The van der Waals surface area contributed by atoms with Crippen LogP contribution in [0.5, 0.6) is 0 Å². The molecule has 3 unspecified atom stereocenters. The maximum absolute atomic E-state index is 12.6. The first kappa shape index (κ1) is 21.9. The molecular weight excluding hydrogens is 384 g/mol. The van der Waals surface area contributed by atoms with E-state index < -0.39 is 0 Å². The molecule has 1 saturated heterocycles. The van der Waals surface area contributed by atoms with Crippen LogP contribution in [0.3, 0.4) is 0 Å². The molecule has 3 rings (SSSR count). The fourth-order valence-corrected chi connectivity index (χ4v) is 5.08. The van der Waals surface area contributed by atoms with Crippen LogP contribution in [0.4, 0.5) is 0 Å². The van der Waals surface area contributed by atoms with E-state index in [0.717, 1.165) is 36.2 Å². The van der Waals surface area contributed by atoms with Gasteiger partial charge in [0.15, 0.2) is 0 Å². The molecule has 158 valence electrons. The third-order valence-corrected chi connectivity index (χ3v) is 6.85. The van der Waals surface area contributed by atoms with Gasteiger partial charge in [-0.2, -0.15) is 0 Å². The second kappa shape index (κ2) is 10.3. The number of aryl methyl sites for hydroxylation is 1. The van der Waals surface area contributed by atoms with E-state index in [9.17, 15) is 9.59 Å². The second-order valence-corrected chi connectivity index (χ2v) is 9.51. The van der Waals surface area contributed by atoms with Crippen molar-refractivity contribution in [2.45, 2.75) is 63.9 Å². The minimum atomic E-state index is -0.0243. The number of carbonyl (C=O) groups excluding carboxylic acids is 2. The Labute approximate surface area is 178 Å². The van der Waals surface area contributed by atoms with E-state index in [-0.39, 0.29) is 29.9 Å². The predicted octanol–water partition coefficient (Wildman–Crippen LogP) is 3.67. The summed E-state index contributed by atoms with van der Waals surface area (Å²) in [5.74, 6) is 0.0581. The molecule has 0 spiro atoms. The van der Waals surface area contributed by atoms with E-state index in [4.69, 9.17) is 4.74 Å². The van der Waals surface area contributed by atoms with Gasteiger partial charge in [-0.05, 0) is 58.1 Å². The van der Waals surface area contributed by atoms with E-state index in [1.54, 1.807) is 11.8 Å². The molecule has 1 aliphatic carbocycles. The Morgan fingerprint density at radius 3 is 2.79 bits per heavy atom. The molecule has 29 heavy (non-hydrogen) atoms. The highest BCUT2D eigenvalue weighted by atomic mass is 32.2. The van der Waals surface area contributed by atoms with E-state index in [2.05, 4.69) is 29.7 Å². The van der Waals surface area contributed by atoms with E-state index in [1.807, 2.05) is 32.1 Å². The Kier molecular flexibility index (Phi) is 7.78. The lowest BCUT2D eigenvalue weighted by atomic mass is 9.84. The summed E-state index contributed by atoms with van der Waals surface area (Å²) in [6.07, 6.45) is 5.54. The smallest absolute Gasteiger partial charge is 0.257 e. The van der Waals surface area contributed by atoms with Crippen LogP contribution in [0.1, 0.15) is 50.7 Å². The largest absolute Gasteiger partial charge is 0.379 e. The first-order valence-corrected chi connectivity index (χ1v) is 11.5. The number of carbonyl (C=O) groups is 2. The van der Waals surface area contributed by atoms with Crippen LogP contribution in [0.15, 0.2) is 29.2 Å². The molecule has 1 aromatic rings. The van der Waals surface area contributed by atoms with Crippen molar-refractivity contribution >= 4 is 29.7 Å². The van der Waals surface area contributed by atoms with Gasteiger partial charge in [0.2, 0.25) is 5.91 Å². The summed E-state index contributed by atoms with van der Waals surface area (Å²) in [5.41, 5.74) is 2.25. The van der Waals surface area contributed by atoms with Gasteiger partial charge in [-0.3, -0.25) is 9.59 Å². The summed E-state index contributed by atoms with van der Waals surface area (Å²) in [4.78, 5) is 25.8. The molecule has 5 nitrogen and oxygen atoms in total. The van der Waals surface area contributed by atoms with Crippen LogP contribution in [0, 0.1) is 12.8 Å². The van der Waals surface area contributed by atoms with Gasteiger partial charge in [-0.1, -0.05) is 29.8 Å². The molecule has 1 aliphatic heterocycles. The highest BCUT2D eigenvalue weighted by Crippen LogP contribution is 2.39. The Hall–Kier alpha value is -1.79. The molecule has 1 heterocycles. The summed E-state index contributed by atoms with van der Waals surface area (Å²) in [7, 11) is 0. The fourth-order valence-electron chi connectivity index (χ4n) is 3.79. The van der Waals surface area contributed by atoms with Crippen LogP contribution < -0.4 is 10.6 Å². The molecular formula is C23H32N2O3S. The summed E-state index contributed by atoms with van der Waals surface area (Å²) < 4.78 is 5.50. The van der Waals surface area contributed by atoms with Crippen molar-refractivity contribution in [3.8, 4) is 0 Å². The SMILES string of the molecule is Cc1ccc(/C=C2/SC3CCC(C(=O)NCCCOC(C)C)CC3NC2=O)cc1. The molecule has 0 bridgehead atoms. The average molecular weight is 417 g/mol. The first-order chi connectivity index (χ1) is 13.9. The van der Waals surface area contributed by atoms with Gasteiger partial charge in [-0.25, -0.2) is 0 Å². The number of benzene rings is 1. The third kappa shape index (κ3) is 6.34. The molecule has 2 fully saturated rings. The van der Waals surface area contributed by atoms with Crippen LogP contribution in [0.2, 0.25) is 0 Å². The third-order valence-electron chi connectivity index (χ3n) is 5.42. The molecule has 0 radical (unpaired) electrons. The topological polar surface area (TPSA) is 67.4 Å². The zero-order chi connectivity index (χ0) is 20.8. The zero-order valence-corrected chi connectivity index (χ0v) is 18.4. The number of thioether (sulfide) groups is 1. The normalized spacial score (nSPS) is 25.6. The minimum Gasteiger partial charge on any atom is -0.379 e. The maximum Gasteiger partial charge on any atom is 0.257 e. The lowest BCUT2D eigenvalue weighted by Gasteiger charge is -2.39. The van der Waals surface area contributed by atoms with Gasteiger partial charge in [0, 0.05) is 30.4 Å². The van der Waals surface area contributed by atoms with Crippen LogP contribution in [-0.2, 0) is 14.3 Å². The summed E-state index contributed by atoms with van der Waals surface area (Å²) in [6.45, 7) is 7.37. The minimum absolute atomic E-state index is 0.0224. The lowest BCUT2D eigenvalue weighted by Crippen LogP contribution is -2.51. The maximum atomic E-state index is 12.6. The van der Waals surface area contributed by atoms with Crippen molar-refractivity contribution in [2.75, 3.05) is 13.2 Å². The van der Waals surface area contributed by atoms with Gasteiger partial charge in [-0.15, -0.1) is 11.8 Å². The van der Waals surface area contributed by atoms with E-state index in [0.29, 0.717) is 18.4 Å².